The van der Waals surface area contributed by atoms with Crippen LogP contribution in [-0.4, -0.2) is 50.0 Å². The summed E-state index contributed by atoms with van der Waals surface area (Å²) >= 11 is 0. The third-order valence-electron chi connectivity index (χ3n) is 4.61. The Morgan fingerprint density at radius 1 is 1.35 bits per heavy atom. The summed E-state index contributed by atoms with van der Waals surface area (Å²) in [7, 11) is 2.11. The van der Waals surface area contributed by atoms with E-state index in [1.807, 2.05) is 24.8 Å². The van der Waals surface area contributed by atoms with Crippen LogP contribution in [0.5, 0.6) is 0 Å². The van der Waals surface area contributed by atoms with Crippen molar-refractivity contribution in [3.05, 3.63) is 11.6 Å². The van der Waals surface area contributed by atoms with Crippen molar-refractivity contribution < 1.29 is 19.6 Å². The topological polar surface area (TPSA) is 64.9 Å². The molecule has 0 aromatic carbocycles. The highest BCUT2D eigenvalue weighted by molar-refractivity contribution is 5.85. The number of amides is 1. The number of carbonyl (C=O) groups is 2. The summed E-state index contributed by atoms with van der Waals surface area (Å²) < 4.78 is 0. The summed E-state index contributed by atoms with van der Waals surface area (Å²) in [5, 5.41) is 11.4. The number of hydrogen-bond acceptors (Lipinski definition) is 3. The number of quaternary nitrogens is 1. The molecule has 1 fully saturated rings. The summed E-state index contributed by atoms with van der Waals surface area (Å²) in [5.41, 5.74) is 1.10. The second kappa shape index (κ2) is 5.95. The van der Waals surface area contributed by atoms with Gasteiger partial charge in [0.05, 0.1) is 39.1 Å². The minimum atomic E-state index is -1.10. The number of aliphatic carboxylic acids is 1. The molecule has 0 unspecified atom stereocenters. The van der Waals surface area contributed by atoms with E-state index in [4.69, 9.17) is 0 Å². The highest BCUT2D eigenvalue weighted by Gasteiger charge is 2.38. The Labute approximate surface area is 120 Å². The molecule has 0 spiro atoms. The monoisotopic (exact) mass is 280 g/mol. The first-order valence-electron chi connectivity index (χ1n) is 7.38. The van der Waals surface area contributed by atoms with Gasteiger partial charge in [0.1, 0.15) is 0 Å². The van der Waals surface area contributed by atoms with Crippen LogP contribution in [0.1, 0.15) is 20.3 Å². The molecule has 1 aliphatic carbocycles. The smallest absolute Gasteiger partial charge is 0.227 e. The zero-order valence-corrected chi connectivity index (χ0v) is 12.5. The van der Waals surface area contributed by atoms with Crippen molar-refractivity contribution in [3.63, 3.8) is 0 Å². The second-order valence-electron chi connectivity index (χ2n) is 6.31. The highest BCUT2D eigenvalue weighted by Crippen LogP contribution is 2.34. The fourth-order valence-corrected chi connectivity index (χ4v) is 3.42. The van der Waals surface area contributed by atoms with Crippen LogP contribution < -0.4 is 10.0 Å². The van der Waals surface area contributed by atoms with E-state index in [0.29, 0.717) is 6.42 Å². The maximum atomic E-state index is 12.7. The van der Waals surface area contributed by atoms with Crippen molar-refractivity contribution in [2.75, 3.05) is 33.2 Å². The molecule has 1 N–H and O–H groups in total. The van der Waals surface area contributed by atoms with Gasteiger partial charge < -0.3 is 19.7 Å². The van der Waals surface area contributed by atoms with Crippen molar-refractivity contribution in [1.29, 1.82) is 0 Å². The van der Waals surface area contributed by atoms with Crippen molar-refractivity contribution in [1.82, 2.24) is 4.90 Å². The molecule has 2 aliphatic rings. The minimum Gasteiger partial charge on any atom is -0.550 e. The molecule has 2 rings (SSSR count). The quantitative estimate of drug-likeness (QED) is 0.614. The number of rotatable bonds is 2. The molecule has 3 atom stereocenters. The standard InChI is InChI=1S/C15H24N2O3/c1-10-8-11(2)13(15(19)20)12(9-10)14(18)17-6-4-16(3)5-7-17/h8,11-13H,4-7,9H2,1-3H3,(H,19,20)/t11-,12+,13-/m1/s1. The fourth-order valence-electron chi connectivity index (χ4n) is 3.42. The Morgan fingerprint density at radius 3 is 2.50 bits per heavy atom. The Bertz CT molecular complexity index is 425. The number of carboxylic acids is 1. The lowest BCUT2D eigenvalue weighted by molar-refractivity contribution is -0.883. The van der Waals surface area contributed by atoms with E-state index >= 15 is 0 Å². The van der Waals surface area contributed by atoms with Gasteiger partial charge in [-0.05, 0) is 19.3 Å². The first-order chi connectivity index (χ1) is 9.40. The summed E-state index contributed by atoms with van der Waals surface area (Å²) in [6.45, 7) is 7.13. The first-order valence-corrected chi connectivity index (χ1v) is 7.38. The largest absolute Gasteiger partial charge is 0.550 e. The molecular weight excluding hydrogens is 256 g/mol. The van der Waals surface area contributed by atoms with Crippen molar-refractivity contribution in [2.45, 2.75) is 20.3 Å². The van der Waals surface area contributed by atoms with E-state index in [1.165, 1.54) is 4.90 Å². The Balaban J connectivity index is 2.14. The predicted molar refractivity (Wildman–Crippen MR) is 72.7 cm³/mol. The molecule has 1 amide bonds. The lowest BCUT2D eigenvalue weighted by Gasteiger charge is -2.39. The number of likely N-dealkylation sites (N-methyl/N-ethyl adjacent to an activating group) is 1. The normalized spacial score (nSPS) is 31.9. The van der Waals surface area contributed by atoms with Gasteiger partial charge in [-0.1, -0.05) is 18.6 Å². The third kappa shape index (κ3) is 3.03. The summed E-state index contributed by atoms with van der Waals surface area (Å²) in [5.74, 6) is -2.40. The molecule has 5 nitrogen and oxygen atoms in total. The molecule has 1 aliphatic heterocycles. The summed E-state index contributed by atoms with van der Waals surface area (Å²) in [6.07, 6.45) is 2.50. The molecule has 20 heavy (non-hydrogen) atoms. The Hall–Kier alpha value is -1.36. The van der Waals surface area contributed by atoms with Crippen molar-refractivity contribution in [3.8, 4) is 0 Å². The van der Waals surface area contributed by atoms with Crippen molar-refractivity contribution >= 4 is 11.9 Å². The van der Waals surface area contributed by atoms with Gasteiger partial charge in [-0.25, -0.2) is 0 Å². The van der Waals surface area contributed by atoms with E-state index in [2.05, 4.69) is 7.05 Å². The molecule has 0 aromatic heterocycles. The zero-order chi connectivity index (χ0) is 14.9. The minimum absolute atomic E-state index is 0.00833. The van der Waals surface area contributed by atoms with Gasteiger partial charge in [0.25, 0.3) is 0 Å². The average Bonchev–Trinajstić information content (AvgIpc) is 2.37. The van der Waals surface area contributed by atoms with Crippen LogP contribution in [0.4, 0.5) is 0 Å². The van der Waals surface area contributed by atoms with Crippen LogP contribution in [0, 0.1) is 17.8 Å². The van der Waals surface area contributed by atoms with Crippen LogP contribution in [0.15, 0.2) is 11.6 Å². The number of nitrogens with one attached hydrogen (secondary N) is 1. The predicted octanol–water partition coefficient (Wildman–Crippen LogP) is -1.69. The second-order valence-corrected chi connectivity index (χ2v) is 6.31. The number of hydrogen-bond donors (Lipinski definition) is 1. The van der Waals surface area contributed by atoms with Crippen LogP contribution >= 0.6 is 0 Å². The lowest BCUT2D eigenvalue weighted by Crippen LogP contribution is -3.12. The third-order valence-corrected chi connectivity index (χ3v) is 4.61. The van der Waals surface area contributed by atoms with Gasteiger partial charge >= 0.3 is 0 Å². The molecule has 112 valence electrons. The van der Waals surface area contributed by atoms with Crippen molar-refractivity contribution in [2.24, 2.45) is 17.8 Å². The van der Waals surface area contributed by atoms with E-state index in [0.717, 1.165) is 31.8 Å². The summed E-state index contributed by atoms with van der Waals surface area (Å²) in [6, 6.07) is 0. The molecular formula is C15H24N2O3. The number of piperazine rings is 1. The maximum absolute atomic E-state index is 12.7. The number of carboxylic acid groups (broad SMARTS) is 1. The van der Waals surface area contributed by atoms with Crippen LogP contribution in [0.25, 0.3) is 0 Å². The van der Waals surface area contributed by atoms with Gasteiger partial charge in [0.15, 0.2) is 0 Å². The molecule has 5 heteroatoms. The zero-order valence-electron chi connectivity index (χ0n) is 12.5. The molecule has 0 radical (unpaired) electrons. The van der Waals surface area contributed by atoms with Gasteiger partial charge in [0.2, 0.25) is 5.91 Å². The lowest BCUT2D eigenvalue weighted by atomic mass is 9.73. The Kier molecular flexibility index (Phi) is 4.48. The molecule has 0 saturated carbocycles. The van der Waals surface area contributed by atoms with Crippen LogP contribution in [0.3, 0.4) is 0 Å². The molecule has 1 heterocycles. The number of carbonyl (C=O) groups excluding carboxylic acids is 2. The fraction of sp³-hybridized carbons (Fsp3) is 0.733. The van der Waals surface area contributed by atoms with E-state index in [9.17, 15) is 14.7 Å². The molecule has 1 saturated heterocycles. The van der Waals surface area contributed by atoms with Crippen LogP contribution in [0.2, 0.25) is 0 Å². The molecule has 0 aromatic rings. The average molecular weight is 280 g/mol. The number of nitrogens with zero attached hydrogens (tertiary/aromatic N) is 1. The van der Waals surface area contributed by atoms with Gasteiger partial charge in [0, 0.05) is 11.9 Å². The maximum Gasteiger partial charge on any atom is 0.227 e. The highest BCUT2D eigenvalue weighted by atomic mass is 16.4. The van der Waals surface area contributed by atoms with Gasteiger partial charge in [-0.15, -0.1) is 0 Å². The van der Waals surface area contributed by atoms with Gasteiger partial charge in [-0.3, -0.25) is 4.79 Å². The Morgan fingerprint density at radius 2 is 1.95 bits per heavy atom. The van der Waals surface area contributed by atoms with E-state index < -0.39 is 17.8 Å². The SMILES string of the molecule is CC1=C[C@@H](C)[C@@H](C(=O)[O-])[C@@H](C(=O)N2CC[NH+](C)CC2)C1. The first kappa shape index (κ1) is 15.0. The molecule has 0 bridgehead atoms. The van der Waals surface area contributed by atoms with Crippen LogP contribution in [-0.2, 0) is 9.59 Å². The van der Waals surface area contributed by atoms with Gasteiger partial charge in [-0.2, -0.15) is 0 Å². The van der Waals surface area contributed by atoms with E-state index in [-0.39, 0.29) is 11.8 Å². The van der Waals surface area contributed by atoms with E-state index in [1.54, 1.807) is 0 Å². The summed E-state index contributed by atoms with van der Waals surface area (Å²) in [4.78, 5) is 27.3. The number of allylic oxidation sites excluding steroid dienone is 2.